The molecule has 0 radical (unpaired) electrons. The molecule has 1 aromatic heterocycles. The molecule has 3 rings (SSSR count). The Kier molecular flexibility index (Phi) is 3.72. The monoisotopic (exact) mass is 272 g/mol. The predicted molar refractivity (Wildman–Crippen MR) is 79.2 cm³/mol. The van der Waals surface area contributed by atoms with Crippen molar-refractivity contribution in [3.8, 4) is 5.75 Å². The number of H-pyrrole nitrogens is 1. The van der Waals surface area contributed by atoms with Gasteiger partial charge in [-0.2, -0.15) is 5.10 Å². The molecular weight excluding hydrogens is 252 g/mol. The molecule has 1 aliphatic carbocycles. The van der Waals surface area contributed by atoms with Crippen molar-refractivity contribution in [1.82, 2.24) is 10.2 Å². The summed E-state index contributed by atoms with van der Waals surface area (Å²) in [5.74, 6) is 1.36. The fourth-order valence-corrected chi connectivity index (χ4v) is 2.39. The van der Waals surface area contributed by atoms with Gasteiger partial charge in [0.2, 0.25) is 0 Å². The van der Waals surface area contributed by atoms with Gasteiger partial charge in [0, 0.05) is 5.39 Å². The number of rotatable bonds is 6. The average molecular weight is 272 g/mol. The summed E-state index contributed by atoms with van der Waals surface area (Å²) in [6.07, 6.45) is 5.55. The minimum Gasteiger partial charge on any atom is -0.492 e. The van der Waals surface area contributed by atoms with Gasteiger partial charge in [-0.15, -0.1) is 0 Å². The van der Waals surface area contributed by atoms with E-state index >= 15 is 0 Å². The maximum absolute atomic E-state index is 12.1. The first-order chi connectivity index (χ1) is 9.79. The van der Waals surface area contributed by atoms with Crippen LogP contribution in [0, 0.1) is 5.92 Å². The Bertz CT molecular complexity index is 659. The smallest absolute Gasteiger partial charge is 0.275 e. The molecule has 1 heterocycles. The van der Waals surface area contributed by atoms with Crippen LogP contribution in [0.2, 0.25) is 0 Å². The van der Waals surface area contributed by atoms with E-state index in [1.807, 2.05) is 18.2 Å². The third-order valence-electron chi connectivity index (χ3n) is 3.80. The van der Waals surface area contributed by atoms with Crippen LogP contribution in [0.4, 0.5) is 0 Å². The van der Waals surface area contributed by atoms with Gasteiger partial charge in [0.25, 0.3) is 5.56 Å². The third-order valence-corrected chi connectivity index (χ3v) is 3.80. The van der Waals surface area contributed by atoms with Gasteiger partial charge < -0.3 is 4.74 Å². The van der Waals surface area contributed by atoms with Crippen LogP contribution < -0.4 is 10.3 Å². The Morgan fingerprint density at radius 2 is 2.25 bits per heavy atom. The third kappa shape index (κ3) is 2.69. The molecule has 1 saturated carbocycles. The summed E-state index contributed by atoms with van der Waals surface area (Å²) < 4.78 is 5.84. The molecule has 4 heteroatoms. The lowest BCUT2D eigenvalue weighted by Crippen LogP contribution is -2.13. The van der Waals surface area contributed by atoms with Crippen LogP contribution in [0.3, 0.4) is 0 Å². The largest absolute Gasteiger partial charge is 0.492 e. The van der Waals surface area contributed by atoms with Crippen molar-refractivity contribution in [2.24, 2.45) is 5.92 Å². The van der Waals surface area contributed by atoms with E-state index in [9.17, 15) is 4.79 Å². The summed E-state index contributed by atoms with van der Waals surface area (Å²) in [7, 11) is 0. The summed E-state index contributed by atoms with van der Waals surface area (Å²) in [6, 6.07) is 5.79. The SMILES string of the molecule is CCCCc1n[nH]c(=O)c2c(OCC3CC3)cccc12. The van der Waals surface area contributed by atoms with Crippen LogP contribution in [-0.4, -0.2) is 16.8 Å². The van der Waals surface area contributed by atoms with E-state index in [-0.39, 0.29) is 5.56 Å². The lowest BCUT2D eigenvalue weighted by molar-refractivity contribution is 0.303. The topological polar surface area (TPSA) is 55.0 Å². The molecule has 0 spiro atoms. The zero-order chi connectivity index (χ0) is 13.9. The van der Waals surface area contributed by atoms with E-state index in [1.54, 1.807) is 0 Å². The van der Waals surface area contributed by atoms with Gasteiger partial charge in [-0.1, -0.05) is 25.5 Å². The van der Waals surface area contributed by atoms with E-state index in [0.29, 0.717) is 23.7 Å². The number of nitrogens with one attached hydrogen (secondary N) is 1. The molecule has 1 N–H and O–H groups in total. The van der Waals surface area contributed by atoms with Gasteiger partial charge in [0.1, 0.15) is 5.75 Å². The van der Waals surface area contributed by atoms with Crippen LogP contribution in [-0.2, 0) is 6.42 Å². The zero-order valence-corrected chi connectivity index (χ0v) is 11.8. The van der Waals surface area contributed by atoms with Gasteiger partial charge >= 0.3 is 0 Å². The quantitative estimate of drug-likeness (QED) is 0.879. The molecule has 0 atom stereocenters. The molecule has 1 aromatic carbocycles. The van der Waals surface area contributed by atoms with Gasteiger partial charge in [0.05, 0.1) is 17.7 Å². The van der Waals surface area contributed by atoms with Crippen molar-refractivity contribution >= 4 is 10.8 Å². The van der Waals surface area contributed by atoms with Crippen LogP contribution in [0.25, 0.3) is 10.8 Å². The molecule has 1 aliphatic rings. The van der Waals surface area contributed by atoms with Gasteiger partial charge in [-0.3, -0.25) is 4.79 Å². The molecule has 2 aromatic rings. The lowest BCUT2D eigenvalue weighted by atomic mass is 10.1. The van der Waals surface area contributed by atoms with Crippen LogP contribution >= 0.6 is 0 Å². The van der Waals surface area contributed by atoms with Crippen molar-refractivity contribution in [1.29, 1.82) is 0 Å². The minimum atomic E-state index is -0.161. The standard InChI is InChI=1S/C16H20N2O2/c1-2-3-6-13-12-5-4-7-14(20-10-11-8-9-11)15(12)16(19)18-17-13/h4-5,7,11H,2-3,6,8-10H2,1H3,(H,18,19). The lowest BCUT2D eigenvalue weighted by Gasteiger charge is -2.10. The highest BCUT2D eigenvalue weighted by atomic mass is 16.5. The normalized spacial score (nSPS) is 14.7. The van der Waals surface area contributed by atoms with Crippen molar-refractivity contribution in [2.75, 3.05) is 6.61 Å². The number of benzene rings is 1. The summed E-state index contributed by atoms with van der Waals surface area (Å²) in [5.41, 5.74) is 0.796. The van der Waals surface area contributed by atoms with E-state index < -0.39 is 0 Å². The van der Waals surface area contributed by atoms with Crippen LogP contribution in [0.15, 0.2) is 23.0 Å². The number of ether oxygens (including phenoxy) is 1. The van der Waals surface area contributed by atoms with E-state index in [1.165, 1.54) is 12.8 Å². The molecule has 0 bridgehead atoms. The highest BCUT2D eigenvalue weighted by Crippen LogP contribution is 2.31. The Morgan fingerprint density at radius 1 is 1.40 bits per heavy atom. The van der Waals surface area contributed by atoms with Crippen LogP contribution in [0.5, 0.6) is 5.75 Å². The van der Waals surface area contributed by atoms with Crippen molar-refractivity contribution in [3.05, 3.63) is 34.2 Å². The summed E-state index contributed by atoms with van der Waals surface area (Å²) in [6.45, 7) is 2.86. The molecule has 20 heavy (non-hydrogen) atoms. The molecule has 0 amide bonds. The summed E-state index contributed by atoms with van der Waals surface area (Å²) in [5, 5.41) is 8.38. The fourth-order valence-electron chi connectivity index (χ4n) is 2.39. The molecular formula is C16H20N2O2. The zero-order valence-electron chi connectivity index (χ0n) is 11.8. The first kappa shape index (κ1) is 13.2. The molecule has 4 nitrogen and oxygen atoms in total. The first-order valence-corrected chi connectivity index (χ1v) is 7.42. The molecule has 0 unspecified atom stereocenters. The number of hydrogen-bond donors (Lipinski definition) is 1. The van der Waals surface area contributed by atoms with E-state index in [0.717, 1.165) is 30.3 Å². The number of hydrogen-bond acceptors (Lipinski definition) is 3. The maximum Gasteiger partial charge on any atom is 0.275 e. The number of aryl methyl sites for hydroxylation is 1. The summed E-state index contributed by atoms with van der Waals surface area (Å²) in [4.78, 5) is 12.1. The van der Waals surface area contributed by atoms with Gasteiger partial charge in [-0.25, -0.2) is 5.10 Å². The van der Waals surface area contributed by atoms with Crippen molar-refractivity contribution in [2.45, 2.75) is 39.0 Å². The number of fused-ring (bicyclic) bond motifs is 1. The second kappa shape index (κ2) is 5.65. The maximum atomic E-state index is 12.1. The molecule has 106 valence electrons. The highest BCUT2D eigenvalue weighted by Gasteiger charge is 2.22. The fraction of sp³-hybridized carbons (Fsp3) is 0.500. The Hall–Kier alpha value is -1.84. The Morgan fingerprint density at radius 3 is 3.00 bits per heavy atom. The van der Waals surface area contributed by atoms with E-state index in [4.69, 9.17) is 4.74 Å². The van der Waals surface area contributed by atoms with Crippen molar-refractivity contribution in [3.63, 3.8) is 0 Å². The van der Waals surface area contributed by atoms with Crippen LogP contribution in [0.1, 0.15) is 38.3 Å². The van der Waals surface area contributed by atoms with Gasteiger partial charge in [-0.05, 0) is 37.7 Å². The van der Waals surface area contributed by atoms with Crippen molar-refractivity contribution < 1.29 is 4.74 Å². The van der Waals surface area contributed by atoms with E-state index in [2.05, 4.69) is 17.1 Å². The first-order valence-electron chi connectivity index (χ1n) is 7.42. The number of aromatic amines is 1. The average Bonchev–Trinajstić information content (AvgIpc) is 3.28. The second-order valence-corrected chi connectivity index (χ2v) is 5.54. The molecule has 1 fully saturated rings. The Balaban J connectivity index is 1.99. The highest BCUT2D eigenvalue weighted by molar-refractivity contribution is 5.89. The summed E-state index contributed by atoms with van der Waals surface area (Å²) >= 11 is 0. The number of unbranched alkanes of at least 4 members (excludes halogenated alkanes) is 1. The number of nitrogens with zero attached hydrogens (tertiary/aromatic N) is 1. The number of aromatic nitrogens is 2. The van der Waals surface area contributed by atoms with Gasteiger partial charge in [0.15, 0.2) is 0 Å². The molecule has 0 saturated heterocycles. The Labute approximate surface area is 118 Å². The predicted octanol–water partition coefficient (Wildman–Crippen LogP) is 3.05. The molecule has 0 aliphatic heterocycles. The minimum absolute atomic E-state index is 0.161. The second-order valence-electron chi connectivity index (χ2n) is 5.54.